The summed E-state index contributed by atoms with van der Waals surface area (Å²) in [7, 11) is 0. The van der Waals surface area contributed by atoms with Gasteiger partial charge in [-0.15, -0.1) is 0 Å². The van der Waals surface area contributed by atoms with Crippen molar-refractivity contribution in [1.29, 1.82) is 5.26 Å². The second-order valence-corrected chi connectivity index (χ2v) is 5.09. The fourth-order valence-corrected chi connectivity index (χ4v) is 1.86. The lowest BCUT2D eigenvalue weighted by Gasteiger charge is -2.15. The first-order valence-corrected chi connectivity index (χ1v) is 6.41. The van der Waals surface area contributed by atoms with Gasteiger partial charge in [0.1, 0.15) is 6.07 Å². The van der Waals surface area contributed by atoms with Crippen LogP contribution in [0.25, 0.3) is 0 Å². The number of aliphatic hydroxyl groups is 1. The van der Waals surface area contributed by atoms with E-state index in [9.17, 15) is 9.90 Å². The lowest BCUT2D eigenvalue weighted by molar-refractivity contribution is 0.101. The summed E-state index contributed by atoms with van der Waals surface area (Å²) in [4.78, 5) is 11.3. The summed E-state index contributed by atoms with van der Waals surface area (Å²) >= 11 is 0. The number of carbonyl (C=O) groups is 1. The maximum atomic E-state index is 11.3. The third kappa shape index (κ3) is 4.72. The Hall–Kier alpha value is -1.86. The summed E-state index contributed by atoms with van der Waals surface area (Å²) in [5.74, 6) is 0.367. The van der Waals surface area contributed by atoms with E-state index in [1.165, 1.54) is 6.92 Å². The molecule has 0 aliphatic rings. The minimum atomic E-state index is -0.465. The zero-order valence-electron chi connectivity index (χ0n) is 11.6. The highest BCUT2D eigenvalue weighted by Crippen LogP contribution is 2.18. The lowest BCUT2D eigenvalue weighted by Crippen LogP contribution is -2.21. The number of Topliss-reactive ketones (excluding diaryl/α,β-unsaturated/α-hetero) is 1. The van der Waals surface area contributed by atoms with Crippen LogP contribution in [-0.4, -0.2) is 23.5 Å². The van der Waals surface area contributed by atoms with Gasteiger partial charge >= 0.3 is 0 Å². The predicted molar refractivity (Wildman–Crippen MR) is 75.1 cm³/mol. The number of rotatable bonds is 6. The Kier molecular flexibility index (Phi) is 5.53. The maximum absolute atomic E-state index is 11.3. The summed E-state index contributed by atoms with van der Waals surface area (Å²) in [6.07, 6.45) is 0.230. The van der Waals surface area contributed by atoms with Gasteiger partial charge in [0.05, 0.1) is 17.4 Å². The van der Waals surface area contributed by atoms with Gasteiger partial charge in [-0.2, -0.15) is 5.26 Å². The molecule has 0 heterocycles. The highest BCUT2D eigenvalue weighted by atomic mass is 16.3. The van der Waals surface area contributed by atoms with Gasteiger partial charge in [-0.3, -0.25) is 4.79 Å². The van der Waals surface area contributed by atoms with Crippen molar-refractivity contribution < 1.29 is 9.90 Å². The lowest BCUT2D eigenvalue weighted by atomic mass is 10.0. The first-order chi connectivity index (χ1) is 8.93. The van der Waals surface area contributed by atoms with Crippen molar-refractivity contribution in [2.75, 3.05) is 11.9 Å². The number of aliphatic hydroxyl groups excluding tert-OH is 1. The van der Waals surface area contributed by atoms with Gasteiger partial charge in [-0.1, -0.05) is 13.8 Å². The first kappa shape index (κ1) is 15.2. The quantitative estimate of drug-likeness (QED) is 0.771. The van der Waals surface area contributed by atoms with E-state index in [4.69, 9.17) is 5.26 Å². The van der Waals surface area contributed by atoms with Gasteiger partial charge < -0.3 is 10.4 Å². The molecule has 0 aromatic heterocycles. The van der Waals surface area contributed by atoms with Gasteiger partial charge in [0.15, 0.2) is 5.78 Å². The van der Waals surface area contributed by atoms with E-state index in [1.807, 2.05) is 13.8 Å². The van der Waals surface area contributed by atoms with Crippen LogP contribution >= 0.6 is 0 Å². The maximum Gasteiger partial charge on any atom is 0.159 e. The van der Waals surface area contributed by atoms with Crippen LogP contribution in [0, 0.1) is 17.2 Å². The molecule has 0 saturated heterocycles. The molecule has 1 aromatic rings. The molecule has 1 atom stereocenters. The normalized spacial score (nSPS) is 12.0. The fourth-order valence-electron chi connectivity index (χ4n) is 1.86. The van der Waals surface area contributed by atoms with Crippen LogP contribution in [-0.2, 0) is 0 Å². The molecular formula is C15H20N2O2. The molecule has 1 rings (SSSR count). The number of ketones is 1. The molecule has 0 aliphatic heterocycles. The molecular weight excluding hydrogens is 240 g/mol. The smallest absolute Gasteiger partial charge is 0.159 e. The van der Waals surface area contributed by atoms with Crippen LogP contribution in [0.3, 0.4) is 0 Å². The van der Waals surface area contributed by atoms with Crippen molar-refractivity contribution in [3.8, 4) is 6.07 Å². The van der Waals surface area contributed by atoms with Crippen molar-refractivity contribution >= 4 is 11.5 Å². The molecule has 4 heteroatoms. The molecule has 0 saturated carbocycles. The molecule has 0 spiro atoms. The molecule has 102 valence electrons. The largest absolute Gasteiger partial charge is 0.391 e. The Labute approximate surface area is 114 Å². The van der Waals surface area contributed by atoms with Gasteiger partial charge in [-0.05, 0) is 37.5 Å². The molecule has 0 amide bonds. The van der Waals surface area contributed by atoms with E-state index >= 15 is 0 Å². The third-order valence-electron chi connectivity index (χ3n) is 2.82. The summed E-state index contributed by atoms with van der Waals surface area (Å²) in [6.45, 7) is 5.94. The SMILES string of the molecule is CC(=O)c1ccc(C#N)c(NCC(O)CC(C)C)c1. The zero-order chi connectivity index (χ0) is 14.4. The van der Waals surface area contributed by atoms with Crippen LogP contribution in [0.5, 0.6) is 0 Å². The van der Waals surface area contributed by atoms with Gasteiger partial charge in [0, 0.05) is 12.1 Å². The number of nitrogens with one attached hydrogen (secondary N) is 1. The Morgan fingerprint density at radius 3 is 2.68 bits per heavy atom. The van der Waals surface area contributed by atoms with Crippen LogP contribution in [0.1, 0.15) is 43.1 Å². The Balaban J connectivity index is 2.78. The van der Waals surface area contributed by atoms with Crippen molar-refractivity contribution in [2.45, 2.75) is 33.3 Å². The zero-order valence-corrected chi connectivity index (χ0v) is 11.6. The Morgan fingerprint density at radius 1 is 1.47 bits per heavy atom. The summed E-state index contributed by atoms with van der Waals surface area (Å²) < 4.78 is 0. The molecule has 4 nitrogen and oxygen atoms in total. The molecule has 1 aromatic carbocycles. The van der Waals surface area contributed by atoms with Crippen LogP contribution in [0.15, 0.2) is 18.2 Å². The molecule has 0 bridgehead atoms. The second kappa shape index (κ2) is 6.91. The Bertz CT molecular complexity index is 489. The summed E-state index contributed by atoms with van der Waals surface area (Å²) in [5.41, 5.74) is 1.62. The second-order valence-electron chi connectivity index (χ2n) is 5.09. The van der Waals surface area contributed by atoms with Gasteiger partial charge in [-0.25, -0.2) is 0 Å². The van der Waals surface area contributed by atoms with Gasteiger partial charge in [0.2, 0.25) is 0 Å². The van der Waals surface area contributed by atoms with Crippen molar-refractivity contribution in [2.24, 2.45) is 5.92 Å². The highest BCUT2D eigenvalue weighted by Gasteiger charge is 2.10. The third-order valence-corrected chi connectivity index (χ3v) is 2.82. The van der Waals surface area contributed by atoms with E-state index in [1.54, 1.807) is 18.2 Å². The molecule has 0 aliphatic carbocycles. The average molecular weight is 260 g/mol. The van der Waals surface area contributed by atoms with E-state index < -0.39 is 6.10 Å². The van der Waals surface area contributed by atoms with Crippen LogP contribution in [0.4, 0.5) is 5.69 Å². The van der Waals surface area contributed by atoms with Crippen molar-refractivity contribution in [3.63, 3.8) is 0 Å². The number of carbonyl (C=O) groups excluding carboxylic acids is 1. The fraction of sp³-hybridized carbons (Fsp3) is 0.467. The number of nitrogens with zero attached hydrogens (tertiary/aromatic N) is 1. The molecule has 0 radical (unpaired) electrons. The van der Waals surface area contributed by atoms with E-state index in [0.29, 0.717) is 35.7 Å². The number of hydrogen-bond acceptors (Lipinski definition) is 4. The minimum Gasteiger partial charge on any atom is -0.391 e. The predicted octanol–water partition coefficient (Wildman–Crippen LogP) is 2.58. The minimum absolute atomic E-state index is 0.0460. The first-order valence-electron chi connectivity index (χ1n) is 6.41. The molecule has 19 heavy (non-hydrogen) atoms. The van der Waals surface area contributed by atoms with Crippen molar-refractivity contribution in [3.05, 3.63) is 29.3 Å². The topological polar surface area (TPSA) is 73.1 Å². The standard InChI is InChI=1S/C15H20N2O2/c1-10(2)6-14(19)9-17-15-7-12(11(3)18)4-5-13(15)8-16/h4-5,7,10,14,17,19H,6,9H2,1-3H3. The van der Waals surface area contributed by atoms with Crippen LogP contribution in [0.2, 0.25) is 0 Å². The van der Waals surface area contributed by atoms with Crippen LogP contribution < -0.4 is 5.32 Å². The van der Waals surface area contributed by atoms with E-state index in [-0.39, 0.29) is 5.78 Å². The molecule has 0 fully saturated rings. The van der Waals surface area contributed by atoms with E-state index in [2.05, 4.69) is 11.4 Å². The number of anilines is 1. The summed E-state index contributed by atoms with van der Waals surface area (Å²) in [5, 5.41) is 21.9. The van der Waals surface area contributed by atoms with E-state index in [0.717, 1.165) is 0 Å². The van der Waals surface area contributed by atoms with Gasteiger partial charge in [0.25, 0.3) is 0 Å². The molecule has 1 unspecified atom stereocenters. The monoisotopic (exact) mass is 260 g/mol. The summed E-state index contributed by atoms with van der Waals surface area (Å²) in [6, 6.07) is 6.98. The number of nitriles is 1. The number of benzene rings is 1. The highest BCUT2D eigenvalue weighted by molar-refractivity contribution is 5.95. The molecule has 2 N–H and O–H groups in total. The average Bonchev–Trinajstić information content (AvgIpc) is 2.35. The number of hydrogen-bond donors (Lipinski definition) is 2. The van der Waals surface area contributed by atoms with Crippen molar-refractivity contribution in [1.82, 2.24) is 0 Å². The Morgan fingerprint density at radius 2 is 2.16 bits per heavy atom.